The number of nitrogens with zero attached hydrogens (tertiary/aromatic N) is 3. The molecule has 0 unspecified atom stereocenters. The highest BCUT2D eigenvalue weighted by Crippen LogP contribution is 2.29. The summed E-state index contributed by atoms with van der Waals surface area (Å²) >= 11 is 0. The molecule has 6 heteroatoms. The second-order valence-electron chi connectivity index (χ2n) is 6.92. The van der Waals surface area contributed by atoms with Crippen LogP contribution >= 0.6 is 0 Å². The largest absolute Gasteiger partial charge is 0.508 e. The van der Waals surface area contributed by atoms with E-state index in [1.54, 1.807) is 26.4 Å². The molecule has 0 saturated carbocycles. The van der Waals surface area contributed by atoms with Gasteiger partial charge in [-0.05, 0) is 47.5 Å². The van der Waals surface area contributed by atoms with Crippen molar-refractivity contribution in [2.75, 3.05) is 14.2 Å². The molecule has 152 valence electrons. The van der Waals surface area contributed by atoms with Gasteiger partial charge in [0.05, 0.1) is 20.8 Å². The van der Waals surface area contributed by atoms with E-state index in [0.29, 0.717) is 24.5 Å². The van der Waals surface area contributed by atoms with Crippen LogP contribution in [0.2, 0.25) is 0 Å². The van der Waals surface area contributed by atoms with E-state index < -0.39 is 0 Å². The summed E-state index contributed by atoms with van der Waals surface area (Å²) in [7, 11) is 3.25. The predicted molar refractivity (Wildman–Crippen MR) is 115 cm³/mol. The Balaban J connectivity index is 1.75. The van der Waals surface area contributed by atoms with Gasteiger partial charge in [0.15, 0.2) is 17.3 Å². The lowest BCUT2D eigenvalue weighted by molar-refractivity contribution is 0.354. The molecule has 0 saturated heterocycles. The Morgan fingerprint density at radius 2 is 1.53 bits per heavy atom. The predicted octanol–water partition coefficient (Wildman–Crippen LogP) is 4.31. The molecule has 4 aromatic rings. The molecule has 0 radical (unpaired) electrons. The van der Waals surface area contributed by atoms with Gasteiger partial charge in [-0.15, -0.1) is 10.2 Å². The van der Waals surface area contributed by atoms with Gasteiger partial charge in [-0.2, -0.15) is 0 Å². The Bertz CT molecular complexity index is 1120. The van der Waals surface area contributed by atoms with Crippen LogP contribution in [0, 0.1) is 0 Å². The maximum atomic E-state index is 9.65. The number of aromatic nitrogens is 3. The van der Waals surface area contributed by atoms with Crippen molar-refractivity contribution in [1.29, 1.82) is 0 Å². The van der Waals surface area contributed by atoms with Crippen molar-refractivity contribution >= 4 is 0 Å². The fourth-order valence-corrected chi connectivity index (χ4v) is 3.40. The quantitative estimate of drug-likeness (QED) is 0.500. The molecule has 0 atom stereocenters. The molecule has 3 aromatic carbocycles. The average molecular weight is 401 g/mol. The number of phenolic OH excluding ortho intramolecular Hbond substituents is 1. The first-order valence-corrected chi connectivity index (χ1v) is 9.64. The van der Waals surface area contributed by atoms with E-state index in [0.717, 1.165) is 28.3 Å². The number of methoxy groups -OCH3 is 2. The van der Waals surface area contributed by atoms with Crippen molar-refractivity contribution in [3.8, 4) is 28.6 Å². The summed E-state index contributed by atoms with van der Waals surface area (Å²) in [5, 5.41) is 18.6. The molecule has 4 rings (SSSR count). The van der Waals surface area contributed by atoms with Crippen molar-refractivity contribution in [1.82, 2.24) is 14.8 Å². The summed E-state index contributed by atoms with van der Waals surface area (Å²) in [6, 6.07) is 23.1. The van der Waals surface area contributed by atoms with E-state index in [-0.39, 0.29) is 5.75 Å². The Morgan fingerprint density at radius 1 is 0.800 bits per heavy atom. The van der Waals surface area contributed by atoms with Gasteiger partial charge >= 0.3 is 0 Å². The van der Waals surface area contributed by atoms with E-state index in [1.165, 1.54) is 0 Å². The van der Waals surface area contributed by atoms with Gasteiger partial charge in [-0.3, -0.25) is 0 Å². The van der Waals surface area contributed by atoms with E-state index in [1.807, 2.05) is 48.5 Å². The number of rotatable bonds is 7. The first-order chi connectivity index (χ1) is 14.7. The van der Waals surface area contributed by atoms with Gasteiger partial charge in [0, 0.05) is 12.0 Å². The van der Waals surface area contributed by atoms with Crippen LogP contribution in [-0.4, -0.2) is 34.1 Å². The number of benzene rings is 3. The van der Waals surface area contributed by atoms with E-state index in [2.05, 4.69) is 26.9 Å². The standard InChI is InChI=1S/C24H23N3O3/c1-29-21-13-8-18(14-22(21)30-2)16-27-23(15-17-6-4-3-5-7-17)25-26-24(27)19-9-11-20(28)12-10-19/h3-14,28H,15-16H2,1-2H3. The van der Waals surface area contributed by atoms with Gasteiger partial charge in [-0.1, -0.05) is 36.4 Å². The van der Waals surface area contributed by atoms with Crippen molar-refractivity contribution in [3.05, 3.63) is 89.7 Å². The van der Waals surface area contributed by atoms with Crippen molar-refractivity contribution < 1.29 is 14.6 Å². The van der Waals surface area contributed by atoms with Gasteiger partial charge < -0.3 is 19.1 Å². The topological polar surface area (TPSA) is 69.4 Å². The monoisotopic (exact) mass is 401 g/mol. The van der Waals surface area contributed by atoms with Crippen LogP contribution in [0.3, 0.4) is 0 Å². The highest BCUT2D eigenvalue weighted by molar-refractivity contribution is 5.57. The van der Waals surface area contributed by atoms with Gasteiger partial charge in [0.2, 0.25) is 0 Å². The van der Waals surface area contributed by atoms with Crippen molar-refractivity contribution in [2.24, 2.45) is 0 Å². The second-order valence-corrected chi connectivity index (χ2v) is 6.92. The molecule has 1 heterocycles. The third kappa shape index (κ3) is 4.12. The first kappa shape index (κ1) is 19.5. The molecule has 0 aliphatic heterocycles. The Morgan fingerprint density at radius 3 is 2.23 bits per heavy atom. The summed E-state index contributed by atoms with van der Waals surface area (Å²) in [6.45, 7) is 0.575. The highest BCUT2D eigenvalue weighted by Gasteiger charge is 2.16. The molecular formula is C24H23N3O3. The number of phenols is 1. The zero-order chi connectivity index (χ0) is 20.9. The fourth-order valence-electron chi connectivity index (χ4n) is 3.40. The van der Waals surface area contributed by atoms with Gasteiger partial charge in [0.25, 0.3) is 0 Å². The summed E-state index contributed by atoms with van der Waals surface area (Å²) in [5.74, 6) is 3.19. The van der Waals surface area contributed by atoms with Crippen LogP contribution in [0.4, 0.5) is 0 Å². The van der Waals surface area contributed by atoms with Crippen molar-refractivity contribution in [2.45, 2.75) is 13.0 Å². The summed E-state index contributed by atoms with van der Waals surface area (Å²) < 4.78 is 12.9. The molecule has 0 amide bonds. The lowest BCUT2D eigenvalue weighted by Gasteiger charge is -2.13. The lowest BCUT2D eigenvalue weighted by atomic mass is 10.1. The third-order valence-electron chi connectivity index (χ3n) is 4.95. The van der Waals surface area contributed by atoms with Crippen LogP contribution in [-0.2, 0) is 13.0 Å². The number of hydrogen-bond donors (Lipinski definition) is 1. The van der Waals surface area contributed by atoms with Crippen LogP contribution in [0.5, 0.6) is 17.2 Å². The summed E-state index contributed by atoms with van der Waals surface area (Å²) in [6.07, 6.45) is 0.666. The maximum absolute atomic E-state index is 9.65. The SMILES string of the molecule is COc1ccc(Cn2c(Cc3ccccc3)nnc2-c2ccc(O)cc2)cc1OC. The molecule has 6 nitrogen and oxygen atoms in total. The van der Waals surface area contributed by atoms with Gasteiger partial charge in [-0.25, -0.2) is 0 Å². The Kier molecular flexibility index (Phi) is 5.66. The van der Waals surface area contributed by atoms with Crippen molar-refractivity contribution in [3.63, 3.8) is 0 Å². The number of aromatic hydroxyl groups is 1. The highest BCUT2D eigenvalue weighted by atomic mass is 16.5. The zero-order valence-corrected chi connectivity index (χ0v) is 16.9. The molecule has 0 spiro atoms. The molecule has 0 aliphatic rings. The van der Waals surface area contributed by atoms with E-state index in [4.69, 9.17) is 9.47 Å². The molecule has 1 aromatic heterocycles. The summed E-state index contributed by atoms with van der Waals surface area (Å²) in [4.78, 5) is 0. The third-order valence-corrected chi connectivity index (χ3v) is 4.95. The van der Waals surface area contributed by atoms with E-state index >= 15 is 0 Å². The minimum atomic E-state index is 0.217. The number of ether oxygens (including phenoxy) is 2. The summed E-state index contributed by atoms with van der Waals surface area (Å²) in [5.41, 5.74) is 3.09. The molecule has 0 fully saturated rings. The minimum absolute atomic E-state index is 0.217. The van der Waals surface area contributed by atoms with Crippen LogP contribution < -0.4 is 9.47 Å². The molecule has 0 bridgehead atoms. The molecule has 0 aliphatic carbocycles. The first-order valence-electron chi connectivity index (χ1n) is 9.64. The Labute approximate surface area is 175 Å². The lowest BCUT2D eigenvalue weighted by Crippen LogP contribution is -2.08. The number of hydrogen-bond acceptors (Lipinski definition) is 5. The van der Waals surface area contributed by atoms with Crippen LogP contribution in [0.15, 0.2) is 72.8 Å². The average Bonchev–Trinajstić information content (AvgIpc) is 3.16. The minimum Gasteiger partial charge on any atom is -0.508 e. The van der Waals surface area contributed by atoms with Crippen LogP contribution in [0.25, 0.3) is 11.4 Å². The van der Waals surface area contributed by atoms with Gasteiger partial charge in [0.1, 0.15) is 11.6 Å². The maximum Gasteiger partial charge on any atom is 0.164 e. The molecule has 1 N–H and O–H groups in total. The molecule has 30 heavy (non-hydrogen) atoms. The second kappa shape index (κ2) is 8.69. The van der Waals surface area contributed by atoms with E-state index in [9.17, 15) is 5.11 Å². The fraction of sp³-hybridized carbons (Fsp3) is 0.167. The zero-order valence-electron chi connectivity index (χ0n) is 16.9. The smallest absolute Gasteiger partial charge is 0.164 e. The Hall–Kier alpha value is -3.80. The van der Waals surface area contributed by atoms with Crippen LogP contribution in [0.1, 0.15) is 17.0 Å². The normalized spacial score (nSPS) is 10.7. The molecular weight excluding hydrogens is 378 g/mol.